The molecule has 2 aromatic rings. The van der Waals surface area contributed by atoms with Crippen LogP contribution in [0.15, 0.2) is 53.4 Å². The van der Waals surface area contributed by atoms with Crippen molar-refractivity contribution in [1.82, 2.24) is 4.90 Å². The summed E-state index contributed by atoms with van der Waals surface area (Å²) < 4.78 is 5.86. The third-order valence-corrected chi connectivity index (χ3v) is 6.77. The quantitative estimate of drug-likeness (QED) is 0.514. The summed E-state index contributed by atoms with van der Waals surface area (Å²) in [4.78, 5) is 4.01. The van der Waals surface area contributed by atoms with E-state index in [-0.39, 0.29) is 0 Å². The molecule has 1 aliphatic carbocycles. The second kappa shape index (κ2) is 8.69. The van der Waals surface area contributed by atoms with Gasteiger partial charge in [0, 0.05) is 22.2 Å². The van der Waals surface area contributed by atoms with Gasteiger partial charge < -0.3 is 9.64 Å². The third-order valence-electron chi connectivity index (χ3n) is 5.28. The monoisotopic (exact) mass is 387 g/mol. The molecule has 1 saturated heterocycles. The van der Waals surface area contributed by atoms with Crippen LogP contribution in [0.5, 0.6) is 11.5 Å². The number of piperidine rings is 1. The van der Waals surface area contributed by atoms with Crippen molar-refractivity contribution in [3.8, 4) is 11.5 Å². The number of benzene rings is 2. The van der Waals surface area contributed by atoms with Crippen LogP contribution in [0.1, 0.15) is 25.7 Å². The summed E-state index contributed by atoms with van der Waals surface area (Å²) >= 11 is 7.89. The highest BCUT2D eigenvalue weighted by Crippen LogP contribution is 2.33. The van der Waals surface area contributed by atoms with Crippen LogP contribution in [0, 0.1) is 11.8 Å². The molecule has 1 saturated carbocycles. The van der Waals surface area contributed by atoms with Crippen LogP contribution in [0.4, 0.5) is 0 Å². The minimum absolute atomic E-state index is 0.725. The van der Waals surface area contributed by atoms with Crippen LogP contribution in [0.25, 0.3) is 0 Å². The molecule has 2 fully saturated rings. The molecule has 2 aliphatic rings. The first kappa shape index (κ1) is 18.2. The van der Waals surface area contributed by atoms with Gasteiger partial charge >= 0.3 is 0 Å². The lowest BCUT2D eigenvalue weighted by Gasteiger charge is -2.31. The average molecular weight is 388 g/mol. The van der Waals surface area contributed by atoms with Gasteiger partial charge in [0.2, 0.25) is 0 Å². The number of rotatable bonds is 7. The van der Waals surface area contributed by atoms with Crippen LogP contribution >= 0.6 is 23.4 Å². The number of likely N-dealkylation sites (tertiary alicyclic amines) is 1. The molecule has 4 rings (SSSR count). The molecule has 26 heavy (non-hydrogen) atoms. The molecular weight excluding hydrogens is 362 g/mol. The zero-order valence-corrected chi connectivity index (χ0v) is 16.6. The second-order valence-corrected chi connectivity index (χ2v) is 9.06. The van der Waals surface area contributed by atoms with Crippen molar-refractivity contribution in [2.75, 3.05) is 25.4 Å². The number of nitrogens with zero attached hydrogens (tertiary/aromatic N) is 1. The summed E-state index contributed by atoms with van der Waals surface area (Å²) in [6.07, 6.45) is 5.65. The normalized spacial score (nSPS) is 18.8. The Kier molecular flexibility index (Phi) is 6.08. The first-order valence-corrected chi connectivity index (χ1v) is 11.0. The molecule has 2 nitrogen and oxygen atoms in total. The number of thioether (sulfide) groups is 1. The highest BCUT2D eigenvalue weighted by atomic mass is 35.5. The maximum Gasteiger partial charge on any atom is 0.127 e. The number of halogens is 1. The number of ether oxygens (including phenoxy) is 1. The molecule has 0 atom stereocenters. The Morgan fingerprint density at radius 1 is 0.846 bits per heavy atom. The fourth-order valence-corrected chi connectivity index (χ4v) is 4.67. The lowest BCUT2D eigenvalue weighted by molar-refractivity contribution is 0.187. The van der Waals surface area contributed by atoms with Gasteiger partial charge in [-0.15, -0.1) is 11.8 Å². The van der Waals surface area contributed by atoms with Crippen molar-refractivity contribution >= 4 is 23.4 Å². The van der Waals surface area contributed by atoms with Crippen molar-refractivity contribution in [2.24, 2.45) is 11.8 Å². The smallest absolute Gasteiger partial charge is 0.127 e. The highest BCUT2D eigenvalue weighted by molar-refractivity contribution is 7.99. The van der Waals surface area contributed by atoms with Crippen molar-refractivity contribution in [1.29, 1.82) is 0 Å². The molecule has 138 valence electrons. The SMILES string of the molecule is Clc1ccc(Oc2ccc(SCC3CCN(CC4CC4)CC3)cc2)cc1. The fraction of sp³-hybridized carbons (Fsp3) is 0.455. The Bertz CT molecular complexity index is 691. The predicted molar refractivity (Wildman–Crippen MR) is 111 cm³/mol. The first-order valence-electron chi connectivity index (χ1n) is 9.63. The largest absolute Gasteiger partial charge is 0.457 e. The minimum Gasteiger partial charge on any atom is -0.457 e. The Labute approximate surface area is 165 Å². The van der Waals surface area contributed by atoms with Crippen molar-refractivity contribution < 1.29 is 4.74 Å². The molecule has 0 aromatic heterocycles. The van der Waals surface area contributed by atoms with Gasteiger partial charge in [-0.25, -0.2) is 0 Å². The summed E-state index contributed by atoms with van der Waals surface area (Å²) in [5.74, 6) is 4.79. The molecule has 0 amide bonds. The van der Waals surface area contributed by atoms with Gasteiger partial charge in [0.05, 0.1) is 0 Å². The van der Waals surface area contributed by atoms with E-state index in [0.717, 1.165) is 28.4 Å². The van der Waals surface area contributed by atoms with Gasteiger partial charge in [-0.05, 0) is 99.1 Å². The van der Waals surface area contributed by atoms with Gasteiger partial charge in [0.25, 0.3) is 0 Å². The van der Waals surface area contributed by atoms with E-state index >= 15 is 0 Å². The molecular formula is C22H26ClNOS. The molecule has 1 aliphatic heterocycles. The number of hydrogen-bond donors (Lipinski definition) is 0. The Morgan fingerprint density at radius 3 is 2.08 bits per heavy atom. The summed E-state index contributed by atoms with van der Waals surface area (Å²) in [6.45, 7) is 3.96. The molecule has 0 radical (unpaired) electrons. The van der Waals surface area contributed by atoms with E-state index in [0.29, 0.717) is 0 Å². The summed E-state index contributed by atoms with van der Waals surface area (Å²) in [7, 11) is 0. The molecule has 2 aromatic carbocycles. The zero-order chi connectivity index (χ0) is 17.8. The van der Waals surface area contributed by atoms with Crippen molar-refractivity contribution in [2.45, 2.75) is 30.6 Å². The molecule has 4 heteroatoms. The molecule has 0 spiro atoms. The summed E-state index contributed by atoms with van der Waals surface area (Å²) in [5.41, 5.74) is 0. The van der Waals surface area contributed by atoms with Crippen molar-refractivity contribution in [3.63, 3.8) is 0 Å². The second-order valence-electron chi connectivity index (χ2n) is 7.53. The van der Waals surface area contributed by atoms with Gasteiger partial charge in [-0.3, -0.25) is 0 Å². The lowest BCUT2D eigenvalue weighted by atomic mass is 9.99. The van der Waals surface area contributed by atoms with E-state index < -0.39 is 0 Å². The molecule has 0 N–H and O–H groups in total. The minimum atomic E-state index is 0.725. The van der Waals surface area contributed by atoms with Crippen LogP contribution in [-0.2, 0) is 0 Å². The summed E-state index contributed by atoms with van der Waals surface area (Å²) in [6, 6.07) is 15.9. The van der Waals surface area contributed by atoms with Gasteiger partial charge in [-0.2, -0.15) is 0 Å². The van der Waals surface area contributed by atoms with Crippen LogP contribution in [0.3, 0.4) is 0 Å². The van der Waals surface area contributed by atoms with Gasteiger partial charge in [0.15, 0.2) is 0 Å². The van der Waals surface area contributed by atoms with E-state index in [2.05, 4.69) is 29.2 Å². The van der Waals surface area contributed by atoms with Crippen LogP contribution in [-0.4, -0.2) is 30.3 Å². The van der Waals surface area contributed by atoms with E-state index in [9.17, 15) is 0 Å². The average Bonchev–Trinajstić information content (AvgIpc) is 3.48. The van der Waals surface area contributed by atoms with Gasteiger partial charge in [-0.1, -0.05) is 11.6 Å². The molecule has 1 heterocycles. The summed E-state index contributed by atoms with van der Waals surface area (Å²) in [5, 5.41) is 0.725. The topological polar surface area (TPSA) is 12.5 Å². The van der Waals surface area contributed by atoms with E-state index in [1.54, 1.807) is 0 Å². The van der Waals surface area contributed by atoms with Gasteiger partial charge in [0.1, 0.15) is 11.5 Å². The van der Waals surface area contributed by atoms with Crippen LogP contribution in [0.2, 0.25) is 5.02 Å². The maximum absolute atomic E-state index is 5.91. The first-order chi connectivity index (χ1) is 12.7. The van der Waals surface area contributed by atoms with E-state index in [1.807, 2.05) is 36.0 Å². The maximum atomic E-state index is 5.91. The molecule has 0 bridgehead atoms. The Balaban J connectivity index is 1.21. The standard InChI is InChI=1S/C22H26ClNOS/c23-19-3-5-20(6-4-19)25-21-7-9-22(10-8-21)26-16-18-11-13-24(14-12-18)15-17-1-2-17/h3-10,17-18H,1-2,11-16H2. The fourth-order valence-electron chi connectivity index (χ4n) is 3.46. The van der Waals surface area contributed by atoms with E-state index in [4.69, 9.17) is 16.3 Å². The number of hydrogen-bond acceptors (Lipinski definition) is 3. The Hall–Kier alpha value is -1.16. The highest BCUT2D eigenvalue weighted by Gasteiger charge is 2.26. The van der Waals surface area contributed by atoms with Crippen molar-refractivity contribution in [3.05, 3.63) is 53.6 Å². The lowest BCUT2D eigenvalue weighted by Crippen LogP contribution is -2.35. The zero-order valence-electron chi connectivity index (χ0n) is 15.1. The van der Waals surface area contributed by atoms with Crippen LogP contribution < -0.4 is 4.74 Å². The third kappa shape index (κ3) is 5.42. The molecule has 0 unspecified atom stereocenters. The Morgan fingerprint density at radius 2 is 1.46 bits per heavy atom. The van der Waals surface area contributed by atoms with E-state index in [1.165, 1.54) is 56.0 Å². The predicted octanol–water partition coefficient (Wildman–Crippen LogP) is 6.35.